The second kappa shape index (κ2) is 7.06. The van der Waals surface area contributed by atoms with Crippen LogP contribution in [0.1, 0.15) is 50.8 Å². The van der Waals surface area contributed by atoms with Crippen LogP contribution in [0.5, 0.6) is 0 Å². The summed E-state index contributed by atoms with van der Waals surface area (Å²) in [5, 5.41) is 3.63. The lowest BCUT2D eigenvalue weighted by atomic mass is 9.78. The predicted molar refractivity (Wildman–Crippen MR) is 87.0 cm³/mol. The van der Waals surface area contributed by atoms with E-state index in [0.717, 1.165) is 37.0 Å². The van der Waals surface area contributed by atoms with Gasteiger partial charge in [-0.05, 0) is 25.2 Å². The van der Waals surface area contributed by atoms with Crippen LogP contribution in [0.25, 0.3) is 0 Å². The minimum absolute atomic E-state index is 0.126. The first-order valence-electron chi connectivity index (χ1n) is 7.52. The van der Waals surface area contributed by atoms with Crippen LogP contribution >= 0.6 is 11.3 Å². The fraction of sp³-hybridized carbons (Fsp3) is 0.625. The van der Waals surface area contributed by atoms with Gasteiger partial charge in [0.2, 0.25) is 5.91 Å². The summed E-state index contributed by atoms with van der Waals surface area (Å²) in [7, 11) is 0. The highest BCUT2D eigenvalue weighted by atomic mass is 32.1. The Morgan fingerprint density at radius 2 is 2.24 bits per heavy atom. The molecule has 0 unspecified atom stereocenters. The van der Waals surface area contributed by atoms with Crippen molar-refractivity contribution in [2.45, 2.75) is 46.0 Å². The summed E-state index contributed by atoms with van der Waals surface area (Å²) < 4.78 is 0. The summed E-state index contributed by atoms with van der Waals surface area (Å²) in [4.78, 5) is 17.8. The lowest BCUT2D eigenvalue weighted by Crippen LogP contribution is -2.35. The number of carbonyl (C=O) groups is 1. The van der Waals surface area contributed by atoms with Gasteiger partial charge in [0.1, 0.15) is 0 Å². The van der Waals surface area contributed by atoms with Crippen LogP contribution < -0.4 is 11.1 Å². The third-order valence-electron chi connectivity index (χ3n) is 3.88. The molecule has 1 aromatic heterocycles. The molecule has 0 saturated heterocycles. The van der Waals surface area contributed by atoms with E-state index in [0.29, 0.717) is 17.6 Å². The zero-order chi connectivity index (χ0) is 15.3. The lowest BCUT2D eigenvalue weighted by Gasteiger charge is -2.28. The van der Waals surface area contributed by atoms with Crippen molar-refractivity contribution in [2.24, 2.45) is 17.1 Å². The smallest absolute Gasteiger partial charge is 0.232 e. The largest absolute Gasteiger partial charge is 0.320 e. The van der Waals surface area contributed by atoms with E-state index in [4.69, 9.17) is 5.73 Å². The Labute approximate surface area is 130 Å². The Kier molecular flexibility index (Phi) is 5.38. The zero-order valence-electron chi connectivity index (χ0n) is 12.7. The minimum atomic E-state index is -0.205. The quantitative estimate of drug-likeness (QED) is 0.840. The van der Waals surface area contributed by atoms with Gasteiger partial charge in [-0.3, -0.25) is 4.79 Å². The Hall–Kier alpha value is -1.38. The molecule has 1 heterocycles. The van der Waals surface area contributed by atoms with Crippen LogP contribution in [0.2, 0.25) is 0 Å². The molecule has 0 aromatic carbocycles. The number of rotatable bonds is 4. The van der Waals surface area contributed by atoms with Crippen molar-refractivity contribution in [3.63, 3.8) is 0 Å². The molecule has 0 radical (unpaired) electrons. The summed E-state index contributed by atoms with van der Waals surface area (Å²) in [6, 6.07) is 0. The van der Waals surface area contributed by atoms with Crippen LogP contribution in [-0.4, -0.2) is 17.4 Å². The fourth-order valence-electron chi connectivity index (χ4n) is 3.11. The van der Waals surface area contributed by atoms with Crippen LogP contribution in [-0.2, 0) is 4.79 Å². The molecule has 1 aliphatic carbocycles. The first kappa shape index (κ1) is 16.0. The molecule has 3 N–H and O–H groups in total. The van der Waals surface area contributed by atoms with E-state index in [1.165, 1.54) is 11.3 Å². The van der Waals surface area contributed by atoms with Crippen molar-refractivity contribution in [3.05, 3.63) is 11.1 Å². The van der Waals surface area contributed by atoms with E-state index >= 15 is 0 Å². The molecular formula is C16H23N3OS. The van der Waals surface area contributed by atoms with Gasteiger partial charge >= 0.3 is 0 Å². The molecule has 114 valence electrons. The molecule has 1 aromatic rings. The maximum atomic E-state index is 12.7. The molecular weight excluding hydrogens is 282 g/mol. The van der Waals surface area contributed by atoms with Gasteiger partial charge in [0.05, 0.1) is 17.6 Å². The van der Waals surface area contributed by atoms with Gasteiger partial charge in [0.25, 0.3) is 0 Å². The number of nitrogens with zero attached hydrogens (tertiary/aromatic N) is 1. The highest BCUT2D eigenvalue weighted by Gasteiger charge is 2.41. The van der Waals surface area contributed by atoms with E-state index in [1.54, 1.807) is 6.20 Å². The van der Waals surface area contributed by atoms with Gasteiger partial charge in [-0.15, -0.1) is 0 Å². The molecule has 1 aliphatic rings. The highest BCUT2D eigenvalue weighted by Crippen LogP contribution is 2.44. The highest BCUT2D eigenvalue weighted by molar-refractivity contribution is 7.16. The van der Waals surface area contributed by atoms with Crippen LogP contribution in [0.15, 0.2) is 6.20 Å². The van der Waals surface area contributed by atoms with E-state index in [1.807, 2.05) is 0 Å². The number of thiazole rings is 1. The monoisotopic (exact) mass is 305 g/mol. The Morgan fingerprint density at radius 1 is 1.52 bits per heavy atom. The van der Waals surface area contributed by atoms with E-state index in [9.17, 15) is 4.79 Å². The van der Waals surface area contributed by atoms with Crippen molar-refractivity contribution >= 4 is 22.4 Å². The molecule has 1 amide bonds. The maximum Gasteiger partial charge on any atom is 0.232 e. The van der Waals surface area contributed by atoms with Gasteiger partial charge < -0.3 is 11.1 Å². The number of nitrogens with two attached hydrogens (primary N) is 1. The SMILES string of the molecule is CC(C)CC1(C(=O)Nc2ncc(C#CCN)s2)CCCC1. The summed E-state index contributed by atoms with van der Waals surface area (Å²) in [5.41, 5.74) is 5.15. The van der Waals surface area contributed by atoms with Crippen molar-refractivity contribution in [1.29, 1.82) is 0 Å². The third kappa shape index (κ3) is 4.05. The lowest BCUT2D eigenvalue weighted by molar-refractivity contribution is -0.126. The molecule has 4 nitrogen and oxygen atoms in total. The van der Waals surface area contributed by atoms with Crippen LogP contribution in [0.4, 0.5) is 5.13 Å². The van der Waals surface area contributed by atoms with Gasteiger partial charge in [0.15, 0.2) is 5.13 Å². The molecule has 5 heteroatoms. The predicted octanol–water partition coefficient (Wildman–Crippen LogP) is 3.00. The molecule has 0 atom stereocenters. The summed E-state index contributed by atoms with van der Waals surface area (Å²) >= 11 is 1.41. The number of nitrogens with one attached hydrogen (secondary N) is 1. The van der Waals surface area contributed by atoms with Crippen molar-refractivity contribution in [1.82, 2.24) is 4.98 Å². The summed E-state index contributed by atoms with van der Waals surface area (Å²) in [5.74, 6) is 6.38. The second-order valence-electron chi connectivity index (χ2n) is 6.08. The van der Waals surface area contributed by atoms with Crippen LogP contribution in [0.3, 0.4) is 0 Å². The molecule has 1 fully saturated rings. The third-order valence-corrected chi connectivity index (χ3v) is 4.71. The maximum absolute atomic E-state index is 12.7. The Bertz CT molecular complexity index is 547. The van der Waals surface area contributed by atoms with E-state index in [-0.39, 0.29) is 11.3 Å². The first-order chi connectivity index (χ1) is 10.1. The molecule has 2 rings (SSSR count). The van der Waals surface area contributed by atoms with Gasteiger partial charge in [0, 0.05) is 5.41 Å². The number of carbonyl (C=O) groups excluding carboxylic acids is 1. The van der Waals surface area contributed by atoms with E-state index in [2.05, 4.69) is 36.0 Å². The Balaban J connectivity index is 2.06. The number of amides is 1. The average Bonchev–Trinajstić information content (AvgIpc) is 3.06. The minimum Gasteiger partial charge on any atom is -0.320 e. The number of aromatic nitrogens is 1. The fourth-order valence-corrected chi connectivity index (χ4v) is 3.80. The average molecular weight is 305 g/mol. The Morgan fingerprint density at radius 3 is 2.86 bits per heavy atom. The van der Waals surface area contributed by atoms with Crippen molar-refractivity contribution < 1.29 is 4.79 Å². The zero-order valence-corrected chi connectivity index (χ0v) is 13.6. The summed E-state index contributed by atoms with van der Waals surface area (Å²) in [6.45, 7) is 4.69. The van der Waals surface area contributed by atoms with E-state index < -0.39 is 0 Å². The van der Waals surface area contributed by atoms with Gasteiger partial charge in [-0.2, -0.15) is 0 Å². The molecule has 0 spiro atoms. The number of hydrogen-bond donors (Lipinski definition) is 2. The number of anilines is 1. The first-order valence-corrected chi connectivity index (χ1v) is 8.33. The van der Waals surface area contributed by atoms with Crippen molar-refractivity contribution in [3.8, 4) is 11.8 Å². The molecule has 0 bridgehead atoms. The standard InChI is InChI=1S/C16H23N3OS/c1-12(2)10-16(7-3-4-8-16)14(20)19-15-18-11-13(21-15)6-5-9-17/h11-12H,3-4,7-10,17H2,1-2H3,(H,18,19,20). The van der Waals surface area contributed by atoms with Crippen LogP contribution in [0, 0.1) is 23.2 Å². The molecule has 21 heavy (non-hydrogen) atoms. The normalized spacial score (nSPS) is 16.6. The molecule has 0 aliphatic heterocycles. The van der Waals surface area contributed by atoms with Gasteiger partial charge in [-0.1, -0.05) is 49.9 Å². The topological polar surface area (TPSA) is 68.0 Å². The second-order valence-corrected chi connectivity index (χ2v) is 7.11. The number of hydrogen-bond acceptors (Lipinski definition) is 4. The van der Waals surface area contributed by atoms with Gasteiger partial charge in [-0.25, -0.2) is 4.98 Å². The van der Waals surface area contributed by atoms with Crippen molar-refractivity contribution in [2.75, 3.05) is 11.9 Å². The summed E-state index contributed by atoms with van der Waals surface area (Å²) in [6.07, 6.45) is 6.90. The molecule has 1 saturated carbocycles.